The molecular weight excluding hydrogens is 378 g/mol. The lowest BCUT2D eigenvalue weighted by atomic mass is 10.2. The van der Waals surface area contributed by atoms with Crippen LogP contribution in [0, 0.1) is 0 Å². The van der Waals surface area contributed by atoms with E-state index in [9.17, 15) is 0 Å². The summed E-state index contributed by atoms with van der Waals surface area (Å²) in [6, 6.07) is 17.9. The van der Waals surface area contributed by atoms with Crippen LogP contribution in [0.5, 0.6) is 0 Å². The van der Waals surface area contributed by atoms with Gasteiger partial charge in [0.05, 0.1) is 24.6 Å². The van der Waals surface area contributed by atoms with Gasteiger partial charge in [-0.15, -0.1) is 11.3 Å². The molecule has 3 aromatic rings. The predicted molar refractivity (Wildman–Crippen MR) is 112 cm³/mol. The molecule has 4 nitrogen and oxygen atoms in total. The number of hydrogen-bond donors (Lipinski definition) is 0. The van der Waals surface area contributed by atoms with Crippen LogP contribution in [0.15, 0.2) is 70.1 Å². The summed E-state index contributed by atoms with van der Waals surface area (Å²) < 4.78 is 7.60. The molecule has 0 unspecified atom stereocenters. The van der Waals surface area contributed by atoms with Gasteiger partial charge in [-0.2, -0.15) is 5.10 Å². The summed E-state index contributed by atoms with van der Waals surface area (Å²) in [4.78, 5) is 5.65. The van der Waals surface area contributed by atoms with Crippen molar-refractivity contribution in [1.29, 1.82) is 0 Å². The third-order valence-electron chi connectivity index (χ3n) is 4.40. The predicted octanol–water partition coefficient (Wildman–Crippen LogP) is 4.83. The highest BCUT2D eigenvalue weighted by Crippen LogP contribution is 2.20. The van der Waals surface area contributed by atoms with E-state index in [-0.39, 0.29) is 6.10 Å². The second-order valence-electron chi connectivity index (χ2n) is 6.35. The van der Waals surface area contributed by atoms with Gasteiger partial charge in [0.2, 0.25) is 4.80 Å². The van der Waals surface area contributed by atoms with Crippen LogP contribution in [0.4, 0.5) is 0 Å². The topological polar surface area (TPSA) is 38.9 Å². The van der Waals surface area contributed by atoms with E-state index in [2.05, 4.69) is 17.5 Å². The molecule has 0 radical (unpaired) electrons. The minimum absolute atomic E-state index is 0.223. The van der Waals surface area contributed by atoms with Gasteiger partial charge in [-0.25, -0.2) is 4.68 Å². The molecule has 0 N–H and O–H groups in total. The molecule has 0 amide bonds. The Morgan fingerprint density at radius 1 is 1.15 bits per heavy atom. The van der Waals surface area contributed by atoms with Crippen molar-refractivity contribution < 1.29 is 4.74 Å². The maximum Gasteiger partial charge on any atom is 0.206 e. The zero-order valence-corrected chi connectivity index (χ0v) is 16.4. The van der Waals surface area contributed by atoms with Crippen molar-refractivity contribution in [3.8, 4) is 11.3 Å². The lowest BCUT2D eigenvalue weighted by Crippen LogP contribution is -2.17. The Labute approximate surface area is 167 Å². The van der Waals surface area contributed by atoms with Crippen molar-refractivity contribution >= 4 is 29.2 Å². The largest absolute Gasteiger partial charge is 0.376 e. The normalized spacial score (nSPS) is 17.8. The minimum Gasteiger partial charge on any atom is -0.376 e. The van der Waals surface area contributed by atoms with Crippen molar-refractivity contribution in [3.05, 3.63) is 75.4 Å². The first kappa shape index (κ1) is 18.2. The van der Waals surface area contributed by atoms with E-state index in [1.165, 1.54) is 0 Å². The van der Waals surface area contributed by atoms with E-state index in [1.807, 2.05) is 53.4 Å². The molecule has 6 heteroatoms. The zero-order valence-electron chi connectivity index (χ0n) is 14.8. The van der Waals surface area contributed by atoms with Gasteiger partial charge in [-0.05, 0) is 30.5 Å². The highest BCUT2D eigenvalue weighted by atomic mass is 35.5. The number of nitrogens with zero attached hydrogens (tertiary/aromatic N) is 3. The molecule has 0 bridgehead atoms. The molecular formula is C21H20ClN3OS. The van der Waals surface area contributed by atoms with Crippen LogP contribution in [0.3, 0.4) is 0 Å². The van der Waals surface area contributed by atoms with Crippen molar-refractivity contribution in [2.24, 2.45) is 10.1 Å². The average Bonchev–Trinajstić information content (AvgIpc) is 3.36. The maximum absolute atomic E-state index is 5.97. The van der Waals surface area contributed by atoms with Gasteiger partial charge in [0, 0.05) is 22.6 Å². The van der Waals surface area contributed by atoms with Gasteiger partial charge in [-0.1, -0.05) is 54.1 Å². The number of benzene rings is 2. The summed E-state index contributed by atoms with van der Waals surface area (Å²) in [5.41, 5.74) is 3.12. The fourth-order valence-corrected chi connectivity index (χ4v) is 3.94. The lowest BCUT2D eigenvalue weighted by Gasteiger charge is -2.05. The van der Waals surface area contributed by atoms with Gasteiger partial charge in [0.1, 0.15) is 0 Å². The quantitative estimate of drug-likeness (QED) is 0.568. The van der Waals surface area contributed by atoms with Crippen LogP contribution in [0.2, 0.25) is 5.02 Å². The summed E-state index contributed by atoms with van der Waals surface area (Å²) in [6.45, 7) is 1.51. The lowest BCUT2D eigenvalue weighted by molar-refractivity contribution is 0.117. The maximum atomic E-state index is 5.97. The van der Waals surface area contributed by atoms with Crippen molar-refractivity contribution in [2.45, 2.75) is 18.9 Å². The third-order valence-corrected chi connectivity index (χ3v) is 5.51. The molecule has 4 rings (SSSR count). The van der Waals surface area contributed by atoms with Crippen molar-refractivity contribution in [2.75, 3.05) is 13.2 Å². The number of hydrogen-bond acceptors (Lipinski definition) is 4. The zero-order chi connectivity index (χ0) is 18.5. The minimum atomic E-state index is 0.223. The number of aromatic nitrogens is 1. The molecule has 0 saturated carbocycles. The third kappa shape index (κ3) is 4.56. The molecule has 0 spiro atoms. The van der Waals surface area contributed by atoms with E-state index >= 15 is 0 Å². The fourth-order valence-electron chi connectivity index (χ4n) is 2.97. The second-order valence-corrected chi connectivity index (χ2v) is 7.63. The summed E-state index contributed by atoms with van der Waals surface area (Å²) >= 11 is 7.57. The Morgan fingerprint density at radius 3 is 2.70 bits per heavy atom. The van der Waals surface area contributed by atoms with E-state index in [0.29, 0.717) is 11.6 Å². The van der Waals surface area contributed by atoms with Crippen LogP contribution < -0.4 is 4.80 Å². The Balaban J connectivity index is 1.69. The number of rotatable bonds is 5. The Hall–Kier alpha value is -2.21. The van der Waals surface area contributed by atoms with Gasteiger partial charge < -0.3 is 4.74 Å². The molecule has 1 atom stereocenters. The molecule has 1 fully saturated rings. The monoisotopic (exact) mass is 397 g/mol. The van der Waals surface area contributed by atoms with E-state index in [4.69, 9.17) is 26.4 Å². The van der Waals surface area contributed by atoms with E-state index in [0.717, 1.165) is 41.1 Å². The van der Waals surface area contributed by atoms with Crippen LogP contribution in [-0.2, 0) is 4.74 Å². The molecule has 1 aromatic heterocycles. The first-order chi connectivity index (χ1) is 13.3. The van der Waals surface area contributed by atoms with Crippen LogP contribution in [0.1, 0.15) is 18.4 Å². The molecule has 2 aromatic carbocycles. The molecule has 138 valence electrons. The summed E-state index contributed by atoms with van der Waals surface area (Å²) in [7, 11) is 0. The summed E-state index contributed by atoms with van der Waals surface area (Å²) in [5.74, 6) is 0. The molecule has 27 heavy (non-hydrogen) atoms. The second kappa shape index (κ2) is 8.65. The van der Waals surface area contributed by atoms with Crippen LogP contribution in [0.25, 0.3) is 11.3 Å². The van der Waals surface area contributed by atoms with Gasteiger partial charge in [0.15, 0.2) is 0 Å². The molecule has 1 aliphatic rings. The van der Waals surface area contributed by atoms with E-state index in [1.54, 1.807) is 11.3 Å². The average molecular weight is 398 g/mol. The van der Waals surface area contributed by atoms with Crippen LogP contribution >= 0.6 is 22.9 Å². The first-order valence-corrected chi connectivity index (χ1v) is 10.2. The summed E-state index contributed by atoms with van der Waals surface area (Å²) in [5, 5.41) is 7.53. The SMILES string of the molecule is Clc1ccc(/C=N\n2c(-c3ccccc3)csc2=NC[C@@H]2CCCO2)cc1. The van der Waals surface area contributed by atoms with Gasteiger partial charge >= 0.3 is 0 Å². The highest BCUT2D eigenvalue weighted by Gasteiger charge is 2.15. The molecule has 1 aliphatic heterocycles. The highest BCUT2D eigenvalue weighted by molar-refractivity contribution is 7.07. The van der Waals surface area contributed by atoms with Crippen molar-refractivity contribution in [1.82, 2.24) is 4.68 Å². The van der Waals surface area contributed by atoms with Gasteiger partial charge in [-0.3, -0.25) is 4.99 Å². The standard InChI is InChI=1S/C21H20ClN3OS/c22-18-10-8-16(9-11-18)13-24-25-20(17-5-2-1-3-6-17)15-27-21(25)23-14-19-7-4-12-26-19/h1-3,5-6,8-11,13,15,19H,4,7,12,14H2/b23-21?,24-13-/t19-/m0/s1. The number of halogens is 1. The van der Waals surface area contributed by atoms with Gasteiger partial charge in [0.25, 0.3) is 0 Å². The van der Waals surface area contributed by atoms with Crippen LogP contribution in [-0.4, -0.2) is 30.1 Å². The molecule has 1 saturated heterocycles. The number of thiazole rings is 1. The Morgan fingerprint density at radius 2 is 1.96 bits per heavy atom. The molecule has 0 aliphatic carbocycles. The Kier molecular flexibility index (Phi) is 5.82. The smallest absolute Gasteiger partial charge is 0.206 e. The molecule has 2 heterocycles. The Bertz CT molecular complexity index is 971. The van der Waals surface area contributed by atoms with Crippen molar-refractivity contribution in [3.63, 3.8) is 0 Å². The fraction of sp³-hybridized carbons (Fsp3) is 0.238. The summed E-state index contributed by atoms with van der Waals surface area (Å²) in [6.07, 6.45) is 4.25. The van der Waals surface area contributed by atoms with E-state index < -0.39 is 0 Å². The first-order valence-electron chi connectivity index (χ1n) is 8.97. The number of ether oxygens (including phenoxy) is 1.